The van der Waals surface area contributed by atoms with E-state index in [1.807, 2.05) is 0 Å². The Morgan fingerprint density at radius 1 is 0.958 bits per heavy atom. The van der Waals surface area contributed by atoms with Crippen molar-refractivity contribution < 1.29 is 9.90 Å². The third kappa shape index (κ3) is 5.88. The lowest BCUT2D eigenvalue weighted by Gasteiger charge is -2.21. The standard InChI is InChI=1S/C20H32N2O2/c1-2-3-4-5-6-9-12-16-17(19-15-18(16)21-22-19)13-10-7-8-11-14-20(23)24/h9-10,12-13,16-19H,2-8,11,14-15H2,1H3,(H,23,24)/b12-9+,13-10+/t16-,17-,18-,19+/m1/s1. The van der Waals surface area contributed by atoms with Gasteiger partial charge in [0.25, 0.3) is 0 Å². The van der Waals surface area contributed by atoms with Crippen molar-refractivity contribution >= 4 is 5.97 Å². The molecule has 0 aromatic carbocycles. The van der Waals surface area contributed by atoms with Gasteiger partial charge in [0.05, 0.1) is 12.1 Å². The second-order valence-electron chi connectivity index (χ2n) is 7.10. The fraction of sp³-hybridized carbons (Fsp3) is 0.750. The summed E-state index contributed by atoms with van der Waals surface area (Å²) >= 11 is 0. The van der Waals surface area contributed by atoms with Gasteiger partial charge in [-0.15, -0.1) is 0 Å². The molecule has 4 heteroatoms. The Bertz CT molecular complexity index is 470. The lowest BCUT2D eigenvalue weighted by Crippen LogP contribution is -2.20. The number of allylic oxidation sites excluding steroid dienone is 2. The molecule has 0 aromatic rings. The van der Waals surface area contributed by atoms with Gasteiger partial charge >= 0.3 is 5.97 Å². The summed E-state index contributed by atoms with van der Waals surface area (Å²) < 4.78 is 0. The number of unbranched alkanes of at least 4 members (excludes halogenated alkanes) is 6. The molecule has 1 saturated carbocycles. The molecule has 24 heavy (non-hydrogen) atoms. The van der Waals surface area contributed by atoms with Gasteiger partial charge in [0, 0.05) is 18.3 Å². The fourth-order valence-electron chi connectivity index (χ4n) is 3.74. The first kappa shape index (κ1) is 18.9. The minimum absolute atomic E-state index is 0.277. The first-order valence-corrected chi connectivity index (χ1v) is 9.67. The van der Waals surface area contributed by atoms with Gasteiger partial charge < -0.3 is 5.11 Å². The number of carbonyl (C=O) groups is 1. The molecule has 134 valence electrons. The lowest BCUT2D eigenvalue weighted by molar-refractivity contribution is -0.137. The molecule has 4 nitrogen and oxygen atoms in total. The summed E-state index contributed by atoms with van der Waals surface area (Å²) in [6, 6.07) is 0.739. The first-order valence-electron chi connectivity index (χ1n) is 9.67. The van der Waals surface area contributed by atoms with Gasteiger partial charge in [-0.05, 0) is 38.5 Å². The number of carboxylic acid groups (broad SMARTS) is 1. The van der Waals surface area contributed by atoms with Gasteiger partial charge in [0.15, 0.2) is 0 Å². The molecular formula is C20H32N2O2. The molecule has 2 rings (SSSR count). The number of rotatable bonds is 12. The molecule has 1 fully saturated rings. The Morgan fingerprint density at radius 2 is 1.54 bits per heavy atom. The number of azo groups is 1. The van der Waals surface area contributed by atoms with Gasteiger partial charge in [-0.1, -0.05) is 50.5 Å². The second kappa shape index (κ2) is 10.4. The smallest absolute Gasteiger partial charge is 0.303 e. The van der Waals surface area contributed by atoms with Crippen LogP contribution >= 0.6 is 0 Å². The highest BCUT2D eigenvalue weighted by Gasteiger charge is 2.44. The maximum atomic E-state index is 10.5. The largest absolute Gasteiger partial charge is 0.481 e. The summed E-state index contributed by atoms with van der Waals surface area (Å²) in [5.41, 5.74) is 0. The van der Waals surface area contributed by atoms with Crippen LogP contribution in [0.1, 0.15) is 71.1 Å². The summed E-state index contributed by atoms with van der Waals surface area (Å²) in [6.07, 6.45) is 19.7. The summed E-state index contributed by atoms with van der Waals surface area (Å²) in [6.45, 7) is 2.24. The summed E-state index contributed by atoms with van der Waals surface area (Å²) in [7, 11) is 0. The molecule has 0 spiro atoms. The number of aliphatic carboxylic acids is 1. The van der Waals surface area contributed by atoms with E-state index >= 15 is 0 Å². The van der Waals surface area contributed by atoms with E-state index in [1.54, 1.807) is 0 Å². The van der Waals surface area contributed by atoms with Crippen LogP contribution in [0.25, 0.3) is 0 Å². The van der Waals surface area contributed by atoms with Crippen LogP contribution in [0.2, 0.25) is 0 Å². The number of nitrogens with zero attached hydrogens (tertiary/aromatic N) is 2. The molecule has 1 aliphatic carbocycles. The maximum absolute atomic E-state index is 10.5. The third-order valence-corrected chi connectivity index (χ3v) is 5.13. The van der Waals surface area contributed by atoms with Gasteiger partial charge in [0.1, 0.15) is 0 Å². The zero-order chi connectivity index (χ0) is 17.2. The minimum atomic E-state index is -0.698. The first-order chi connectivity index (χ1) is 11.7. The van der Waals surface area contributed by atoms with Crippen molar-refractivity contribution in [2.75, 3.05) is 0 Å². The van der Waals surface area contributed by atoms with Crippen molar-refractivity contribution in [1.82, 2.24) is 0 Å². The highest BCUT2D eigenvalue weighted by molar-refractivity contribution is 5.66. The summed E-state index contributed by atoms with van der Waals surface area (Å²) in [4.78, 5) is 10.5. The molecule has 0 unspecified atom stereocenters. The average molecular weight is 332 g/mol. The number of hydrogen-bond acceptors (Lipinski definition) is 3. The molecular weight excluding hydrogens is 300 g/mol. The SMILES string of the molecule is CCCCCC/C=C/[C@@H]1[C@@H](/C=C/CCCCC(=O)O)[C@@H]2C[C@H]1N=N2. The van der Waals surface area contributed by atoms with E-state index in [1.165, 1.54) is 32.1 Å². The van der Waals surface area contributed by atoms with Gasteiger partial charge in [-0.3, -0.25) is 4.79 Å². The van der Waals surface area contributed by atoms with Crippen molar-refractivity contribution in [1.29, 1.82) is 0 Å². The van der Waals surface area contributed by atoms with E-state index in [4.69, 9.17) is 5.11 Å². The van der Waals surface area contributed by atoms with Gasteiger partial charge in [-0.25, -0.2) is 0 Å². The number of carboxylic acids is 1. The van der Waals surface area contributed by atoms with Crippen molar-refractivity contribution in [3.05, 3.63) is 24.3 Å². The van der Waals surface area contributed by atoms with Crippen LogP contribution in [-0.2, 0) is 4.79 Å². The van der Waals surface area contributed by atoms with Crippen LogP contribution in [0.4, 0.5) is 0 Å². The topological polar surface area (TPSA) is 62.0 Å². The van der Waals surface area contributed by atoms with E-state index in [0.717, 1.165) is 25.7 Å². The Kier molecular flexibility index (Phi) is 8.20. The maximum Gasteiger partial charge on any atom is 0.303 e. The van der Waals surface area contributed by atoms with Crippen LogP contribution in [0.15, 0.2) is 34.5 Å². The third-order valence-electron chi connectivity index (χ3n) is 5.13. The number of fused-ring (bicyclic) bond motifs is 2. The number of hydrogen-bond donors (Lipinski definition) is 1. The molecule has 4 atom stereocenters. The molecule has 0 radical (unpaired) electrons. The van der Waals surface area contributed by atoms with Crippen LogP contribution < -0.4 is 0 Å². The Morgan fingerprint density at radius 3 is 2.08 bits per heavy atom. The van der Waals surface area contributed by atoms with Crippen LogP contribution in [0.3, 0.4) is 0 Å². The van der Waals surface area contributed by atoms with Crippen molar-refractivity contribution in [2.45, 2.75) is 83.2 Å². The van der Waals surface area contributed by atoms with Crippen molar-refractivity contribution in [3.63, 3.8) is 0 Å². The van der Waals surface area contributed by atoms with Crippen molar-refractivity contribution in [2.24, 2.45) is 22.1 Å². The molecule has 0 aromatic heterocycles. The molecule has 0 saturated heterocycles. The Balaban J connectivity index is 1.74. The van der Waals surface area contributed by atoms with Crippen LogP contribution in [0.5, 0.6) is 0 Å². The van der Waals surface area contributed by atoms with E-state index in [2.05, 4.69) is 41.5 Å². The van der Waals surface area contributed by atoms with Crippen molar-refractivity contribution in [3.8, 4) is 0 Å². The second-order valence-corrected chi connectivity index (χ2v) is 7.10. The van der Waals surface area contributed by atoms with Crippen LogP contribution in [0, 0.1) is 11.8 Å². The highest BCUT2D eigenvalue weighted by Crippen LogP contribution is 2.43. The predicted octanol–water partition coefficient (Wildman–Crippen LogP) is 5.55. The van der Waals surface area contributed by atoms with Gasteiger partial charge in [0.2, 0.25) is 0 Å². The predicted molar refractivity (Wildman–Crippen MR) is 97.2 cm³/mol. The minimum Gasteiger partial charge on any atom is -0.481 e. The van der Waals surface area contributed by atoms with E-state index in [-0.39, 0.29) is 6.42 Å². The van der Waals surface area contributed by atoms with Crippen LogP contribution in [-0.4, -0.2) is 23.2 Å². The summed E-state index contributed by atoms with van der Waals surface area (Å²) in [5, 5.41) is 17.5. The molecule has 0 amide bonds. The molecule has 1 N–H and O–H groups in total. The summed E-state index contributed by atoms with van der Waals surface area (Å²) in [5.74, 6) is 0.296. The lowest BCUT2D eigenvalue weighted by atomic mass is 9.90. The quantitative estimate of drug-likeness (QED) is 0.376. The fourth-order valence-corrected chi connectivity index (χ4v) is 3.74. The Labute approximate surface area is 146 Å². The Hall–Kier alpha value is -1.45. The van der Waals surface area contributed by atoms with E-state index in [0.29, 0.717) is 23.9 Å². The zero-order valence-corrected chi connectivity index (χ0v) is 14.9. The van der Waals surface area contributed by atoms with E-state index < -0.39 is 5.97 Å². The average Bonchev–Trinajstić information content (AvgIpc) is 3.15. The molecule has 1 heterocycles. The van der Waals surface area contributed by atoms with E-state index in [9.17, 15) is 4.79 Å². The highest BCUT2D eigenvalue weighted by atomic mass is 16.4. The monoisotopic (exact) mass is 332 g/mol. The normalized spacial score (nSPS) is 28.5. The zero-order valence-electron chi connectivity index (χ0n) is 14.9. The van der Waals surface area contributed by atoms with Gasteiger partial charge in [-0.2, -0.15) is 10.2 Å². The molecule has 1 aliphatic heterocycles. The molecule has 2 bridgehead atoms. The molecule has 2 aliphatic rings.